The monoisotopic (exact) mass is 458 g/mol. The van der Waals surface area contributed by atoms with E-state index in [0.717, 1.165) is 18.4 Å². The summed E-state index contributed by atoms with van der Waals surface area (Å²) in [5, 5.41) is 8.96. The van der Waals surface area contributed by atoms with Crippen molar-refractivity contribution < 1.29 is 18.7 Å². The quantitative estimate of drug-likeness (QED) is 0.428. The second-order valence-corrected chi connectivity index (χ2v) is 8.24. The summed E-state index contributed by atoms with van der Waals surface area (Å²) in [7, 11) is 0. The minimum atomic E-state index is -0.688. The van der Waals surface area contributed by atoms with E-state index < -0.39 is 17.8 Å². The number of nitrogens with zero attached hydrogens (tertiary/aromatic N) is 1. The van der Waals surface area contributed by atoms with Gasteiger partial charge in [-0.2, -0.15) is 0 Å². The summed E-state index contributed by atoms with van der Waals surface area (Å²) in [6.07, 6.45) is 1.20. The van der Waals surface area contributed by atoms with Gasteiger partial charge in [0.1, 0.15) is 27.9 Å². The van der Waals surface area contributed by atoms with Crippen LogP contribution in [0, 0.1) is 6.92 Å². The molecule has 0 bridgehead atoms. The molecule has 0 aliphatic rings. The van der Waals surface area contributed by atoms with E-state index in [9.17, 15) is 14.4 Å². The van der Waals surface area contributed by atoms with Crippen LogP contribution in [0.5, 0.6) is 0 Å². The predicted octanol–water partition coefficient (Wildman–Crippen LogP) is 4.47. The number of carbonyl (C=O) groups excluding carboxylic acids is 2. The molecule has 10 heteroatoms. The first-order valence-corrected chi connectivity index (χ1v) is 11.2. The van der Waals surface area contributed by atoms with Crippen molar-refractivity contribution in [1.29, 1.82) is 0 Å². The number of nitrogens with one attached hydrogen (secondary N) is 3. The van der Waals surface area contributed by atoms with E-state index in [4.69, 9.17) is 9.15 Å². The Labute approximate surface area is 189 Å². The Bertz CT molecular complexity index is 1140. The van der Waals surface area contributed by atoms with Gasteiger partial charge in [0.05, 0.1) is 0 Å². The molecule has 3 amide bonds. The molecule has 0 radical (unpaired) electrons. The average molecular weight is 459 g/mol. The van der Waals surface area contributed by atoms with E-state index in [1.54, 1.807) is 13.8 Å². The van der Waals surface area contributed by atoms with Crippen LogP contribution < -0.4 is 21.6 Å². The van der Waals surface area contributed by atoms with Gasteiger partial charge in [-0.15, -0.1) is 0 Å². The number of hydrogen-bond donors (Lipinski definition) is 3. The molecule has 3 N–H and O–H groups in total. The van der Waals surface area contributed by atoms with Gasteiger partial charge in [-0.05, 0) is 25.8 Å². The van der Waals surface area contributed by atoms with Crippen molar-refractivity contribution in [2.45, 2.75) is 46.3 Å². The number of thiophene rings is 1. The summed E-state index contributed by atoms with van der Waals surface area (Å²) < 4.78 is 10.5. The van der Waals surface area contributed by atoms with Gasteiger partial charge in [-0.25, -0.2) is 19.4 Å². The van der Waals surface area contributed by atoms with Gasteiger partial charge < -0.3 is 19.8 Å². The Morgan fingerprint density at radius 2 is 2.00 bits per heavy atom. The zero-order valence-corrected chi connectivity index (χ0v) is 19.0. The molecule has 0 aliphatic carbocycles. The number of unbranched alkanes of at least 4 members (excludes halogenated alkanes) is 1. The highest BCUT2D eigenvalue weighted by Crippen LogP contribution is 2.32. The lowest BCUT2D eigenvalue weighted by atomic mass is 10.2. The first kappa shape index (κ1) is 23.3. The van der Waals surface area contributed by atoms with Crippen molar-refractivity contribution in [2.24, 2.45) is 0 Å². The smallest absolute Gasteiger partial charge is 0.408 e. The lowest BCUT2D eigenvalue weighted by Gasteiger charge is -2.12. The molecule has 32 heavy (non-hydrogen) atoms. The average Bonchev–Trinajstić information content (AvgIpc) is 3.08. The van der Waals surface area contributed by atoms with Crippen molar-refractivity contribution in [2.75, 3.05) is 11.9 Å². The Morgan fingerprint density at radius 1 is 1.25 bits per heavy atom. The van der Waals surface area contributed by atoms with Crippen LogP contribution in [0.2, 0.25) is 0 Å². The Hall–Kier alpha value is -3.40. The molecule has 9 nitrogen and oxygen atoms in total. The Balaban J connectivity index is 1.68. The van der Waals surface area contributed by atoms with Gasteiger partial charge in [0.2, 0.25) is 5.89 Å². The van der Waals surface area contributed by atoms with Gasteiger partial charge in [-0.3, -0.25) is 5.32 Å². The molecule has 1 atom stereocenters. The van der Waals surface area contributed by atoms with Crippen molar-refractivity contribution in [3.05, 3.63) is 57.8 Å². The largest absolute Gasteiger partial charge is 0.445 e. The topological polar surface area (TPSA) is 123 Å². The minimum Gasteiger partial charge on any atom is -0.445 e. The summed E-state index contributed by atoms with van der Waals surface area (Å²) in [6.45, 7) is 6.09. The number of rotatable bonds is 8. The molecule has 2 aromatic heterocycles. The van der Waals surface area contributed by atoms with Gasteiger partial charge in [0, 0.05) is 12.1 Å². The zero-order chi connectivity index (χ0) is 23.1. The molecule has 0 saturated heterocycles. The SMILES string of the molecule is CCCCNC(=O)Nc1sc2nc([C@H](C)NC(=O)OCc3ccccc3)oc(=O)c2c1C. The third-order valence-corrected chi connectivity index (χ3v) is 5.80. The molecule has 0 unspecified atom stereocenters. The summed E-state index contributed by atoms with van der Waals surface area (Å²) in [6, 6.07) is 8.25. The zero-order valence-electron chi connectivity index (χ0n) is 18.2. The number of aryl methyl sites for hydroxylation is 1. The van der Waals surface area contributed by atoms with Crippen molar-refractivity contribution in [1.82, 2.24) is 15.6 Å². The lowest BCUT2D eigenvalue weighted by Crippen LogP contribution is -2.29. The van der Waals surface area contributed by atoms with E-state index in [-0.39, 0.29) is 18.5 Å². The molecule has 170 valence electrons. The third-order valence-electron chi connectivity index (χ3n) is 4.70. The van der Waals surface area contributed by atoms with Crippen LogP contribution in [0.3, 0.4) is 0 Å². The molecular formula is C22H26N4O5S. The number of fused-ring (bicyclic) bond motifs is 1. The van der Waals surface area contributed by atoms with Crippen LogP contribution >= 0.6 is 11.3 Å². The fraction of sp³-hybridized carbons (Fsp3) is 0.364. The standard InChI is InChI=1S/C22H26N4O5S/c1-4-5-11-23-21(28)26-18-13(2)16-19(32-18)25-17(31-20(16)27)14(3)24-22(29)30-12-15-9-7-6-8-10-15/h6-10,14H,4-5,11-12H2,1-3H3,(H,24,29)(H2,23,26,28)/t14-/m0/s1. The first-order valence-electron chi connectivity index (χ1n) is 10.3. The number of anilines is 1. The van der Waals surface area contributed by atoms with Crippen LogP contribution in [0.4, 0.5) is 14.6 Å². The lowest BCUT2D eigenvalue weighted by molar-refractivity contribution is 0.134. The second kappa shape index (κ2) is 10.8. The van der Waals surface area contributed by atoms with E-state index in [1.165, 1.54) is 11.3 Å². The third kappa shape index (κ3) is 5.85. The molecule has 0 aliphatic heterocycles. The second-order valence-electron chi connectivity index (χ2n) is 7.24. The molecule has 3 aromatic rings. The molecule has 2 heterocycles. The summed E-state index contributed by atoms with van der Waals surface area (Å²) in [4.78, 5) is 41.5. The Kier molecular flexibility index (Phi) is 7.82. The summed E-state index contributed by atoms with van der Waals surface area (Å²) in [5.41, 5.74) is 0.866. The highest BCUT2D eigenvalue weighted by molar-refractivity contribution is 7.22. The summed E-state index contributed by atoms with van der Waals surface area (Å²) >= 11 is 1.18. The molecular weight excluding hydrogens is 432 g/mol. The number of amides is 3. The number of carbonyl (C=O) groups is 2. The number of alkyl carbamates (subject to hydrolysis) is 1. The minimum absolute atomic E-state index is 0.0550. The van der Waals surface area contributed by atoms with Crippen LogP contribution in [-0.2, 0) is 11.3 Å². The maximum Gasteiger partial charge on any atom is 0.408 e. The van der Waals surface area contributed by atoms with Crippen molar-refractivity contribution in [3.8, 4) is 0 Å². The molecule has 1 aromatic carbocycles. The number of ether oxygens (including phenoxy) is 1. The van der Waals surface area contributed by atoms with E-state index in [2.05, 4.69) is 20.9 Å². The first-order chi connectivity index (χ1) is 15.4. The Morgan fingerprint density at radius 3 is 2.72 bits per heavy atom. The molecule has 3 rings (SSSR count). The normalized spacial score (nSPS) is 11.7. The van der Waals surface area contributed by atoms with Crippen molar-refractivity contribution in [3.63, 3.8) is 0 Å². The van der Waals surface area contributed by atoms with Crippen LogP contribution in [-0.4, -0.2) is 23.7 Å². The van der Waals surface area contributed by atoms with Crippen LogP contribution in [0.15, 0.2) is 39.5 Å². The number of benzene rings is 1. The highest BCUT2D eigenvalue weighted by atomic mass is 32.1. The van der Waals surface area contributed by atoms with Gasteiger partial charge in [0.25, 0.3) is 0 Å². The maximum absolute atomic E-state index is 12.6. The number of aromatic nitrogens is 1. The van der Waals surface area contributed by atoms with E-state index in [1.807, 2.05) is 37.3 Å². The molecule has 0 fully saturated rings. The molecule has 0 spiro atoms. The van der Waals surface area contributed by atoms with Crippen LogP contribution in [0.1, 0.15) is 49.7 Å². The number of hydrogen-bond acceptors (Lipinski definition) is 7. The van der Waals surface area contributed by atoms with E-state index >= 15 is 0 Å². The highest BCUT2D eigenvalue weighted by Gasteiger charge is 2.21. The van der Waals surface area contributed by atoms with Crippen molar-refractivity contribution >= 4 is 38.7 Å². The van der Waals surface area contributed by atoms with E-state index in [0.29, 0.717) is 27.3 Å². The van der Waals surface area contributed by atoms with Gasteiger partial charge >= 0.3 is 17.7 Å². The summed E-state index contributed by atoms with van der Waals surface area (Å²) in [5.74, 6) is 0.0550. The molecule has 0 saturated carbocycles. The fourth-order valence-electron chi connectivity index (χ4n) is 2.92. The van der Waals surface area contributed by atoms with Gasteiger partial charge in [-0.1, -0.05) is 55.0 Å². The fourth-order valence-corrected chi connectivity index (χ4v) is 3.99. The van der Waals surface area contributed by atoms with Crippen LogP contribution in [0.25, 0.3) is 10.2 Å². The number of urea groups is 1. The maximum atomic E-state index is 12.6. The van der Waals surface area contributed by atoms with Gasteiger partial charge in [0.15, 0.2) is 0 Å². The predicted molar refractivity (Wildman–Crippen MR) is 123 cm³/mol.